The normalized spacial score (nSPS) is 13.6. The maximum Gasteiger partial charge on any atom is 0.316 e. The van der Waals surface area contributed by atoms with Gasteiger partial charge in [0.2, 0.25) is 5.91 Å². The van der Waals surface area contributed by atoms with E-state index in [0.29, 0.717) is 12.0 Å². The zero-order valence-corrected chi connectivity index (χ0v) is 21.8. The first kappa shape index (κ1) is 29.1. The lowest BCUT2D eigenvalue weighted by atomic mass is 9.87. The topological polar surface area (TPSA) is 157 Å². The Morgan fingerprint density at radius 3 is 2.31 bits per heavy atom. The predicted molar refractivity (Wildman–Crippen MR) is 141 cm³/mol. The lowest BCUT2D eigenvalue weighted by Crippen LogP contribution is -2.46. The molecule has 9 heteroatoms. The number of urea groups is 1. The number of amides is 3. The number of benzene rings is 2. The number of primary amides is 1. The fourth-order valence-corrected chi connectivity index (χ4v) is 3.87. The van der Waals surface area contributed by atoms with Crippen LogP contribution < -0.4 is 21.7 Å². The number of aliphatic hydroxyl groups excluding tert-OH is 2. The predicted octanol–water partition coefficient (Wildman–Crippen LogP) is 2.59. The summed E-state index contributed by atoms with van der Waals surface area (Å²) in [5.41, 5.74) is 7.08. The number of hydrogen-bond donors (Lipinski definition) is 7. The summed E-state index contributed by atoms with van der Waals surface area (Å²) < 4.78 is 0. The second-order valence-corrected chi connectivity index (χ2v) is 10.9. The lowest BCUT2D eigenvalue weighted by Gasteiger charge is -2.30. The zero-order valence-electron chi connectivity index (χ0n) is 21.8. The monoisotopic (exact) mass is 500 g/mol. The smallest absolute Gasteiger partial charge is 0.316 e. The number of hydrogen-bond acceptors (Lipinski definition) is 6. The van der Waals surface area contributed by atoms with E-state index in [2.05, 4.69) is 16.0 Å². The van der Waals surface area contributed by atoms with Gasteiger partial charge < -0.3 is 37.0 Å². The zero-order chi connectivity index (χ0) is 27.1. The quantitative estimate of drug-likeness (QED) is 0.235. The van der Waals surface area contributed by atoms with Crippen molar-refractivity contribution < 1.29 is 24.9 Å². The van der Waals surface area contributed by atoms with Gasteiger partial charge in [-0.3, -0.25) is 4.79 Å². The molecule has 8 N–H and O–H groups in total. The second-order valence-electron chi connectivity index (χ2n) is 10.9. The minimum absolute atomic E-state index is 0.117. The number of aliphatic hydroxyl groups is 2. The molecule has 0 aliphatic heterocycles. The first-order chi connectivity index (χ1) is 16.7. The van der Waals surface area contributed by atoms with Gasteiger partial charge in [-0.15, -0.1) is 0 Å². The number of β-amino-alcohol motifs (C(OH)–C–C–N with tert-alkyl or cyclic N) is 1. The van der Waals surface area contributed by atoms with Gasteiger partial charge in [-0.2, -0.15) is 0 Å². The average molecular weight is 501 g/mol. The molecule has 2 aromatic rings. The van der Waals surface area contributed by atoms with Crippen molar-refractivity contribution in [2.45, 2.75) is 65.1 Å². The van der Waals surface area contributed by atoms with Gasteiger partial charge in [-0.05, 0) is 54.5 Å². The average Bonchev–Trinajstić information content (AvgIpc) is 2.76. The van der Waals surface area contributed by atoms with E-state index in [1.165, 1.54) is 12.1 Å². The van der Waals surface area contributed by atoms with Crippen molar-refractivity contribution in [3.63, 3.8) is 0 Å². The van der Waals surface area contributed by atoms with Gasteiger partial charge in [-0.1, -0.05) is 51.1 Å². The van der Waals surface area contributed by atoms with Crippen LogP contribution in [0.25, 0.3) is 0 Å². The third-order valence-electron chi connectivity index (χ3n) is 6.00. The van der Waals surface area contributed by atoms with Crippen LogP contribution in [-0.2, 0) is 17.6 Å². The Morgan fingerprint density at radius 1 is 1.03 bits per heavy atom. The molecule has 0 aliphatic carbocycles. The summed E-state index contributed by atoms with van der Waals surface area (Å²) in [4.78, 5) is 23.6. The van der Waals surface area contributed by atoms with Gasteiger partial charge in [0.25, 0.3) is 0 Å². The lowest BCUT2D eigenvalue weighted by molar-refractivity contribution is -0.122. The number of phenolic OH excluding ortho intramolecular Hbond substituents is 1. The number of carbonyl (C=O) groups is 2. The number of aromatic hydroxyl groups is 1. The third-order valence-corrected chi connectivity index (χ3v) is 6.00. The molecule has 0 radical (unpaired) electrons. The molecular formula is C27H40N4O5. The Kier molecular flexibility index (Phi) is 9.86. The maximum atomic E-state index is 12.5. The number of rotatable bonds is 11. The van der Waals surface area contributed by atoms with Gasteiger partial charge in [-0.25, -0.2) is 4.79 Å². The molecule has 0 heterocycles. The molecule has 0 fully saturated rings. The van der Waals surface area contributed by atoms with Crippen LogP contribution in [0, 0.1) is 5.41 Å². The van der Waals surface area contributed by atoms with Crippen molar-refractivity contribution >= 4 is 17.6 Å². The van der Waals surface area contributed by atoms with E-state index < -0.39 is 12.1 Å². The molecular weight excluding hydrogens is 460 g/mol. The molecule has 2 aromatic carbocycles. The van der Waals surface area contributed by atoms with Crippen LogP contribution in [0.4, 0.5) is 10.5 Å². The van der Waals surface area contributed by atoms with Crippen LogP contribution in [0.1, 0.15) is 57.4 Å². The molecule has 198 valence electrons. The standard InChI is InChI=1S/C27H40N4O5/c1-26(2,3)23(16-32)31-24(35)12-17-7-6-8-18(11-17)14-27(4,5)29-15-22(34)19-9-10-21(33)20(13-19)30-25(28)36/h6-11,13,22-23,29,32-34H,12,14-16H2,1-5H3,(H,31,35)(H3,28,30,36)/t22-,23+/m0/s1. The molecule has 3 amide bonds. The van der Waals surface area contributed by atoms with Crippen LogP contribution in [0.15, 0.2) is 42.5 Å². The number of nitrogens with one attached hydrogen (secondary N) is 3. The molecule has 0 bridgehead atoms. The summed E-state index contributed by atoms with van der Waals surface area (Å²) in [7, 11) is 0. The molecule has 9 nitrogen and oxygen atoms in total. The minimum atomic E-state index is -0.879. The van der Waals surface area contributed by atoms with Crippen LogP contribution in [-0.4, -0.2) is 52.0 Å². The Labute approximate surface area is 213 Å². The highest BCUT2D eigenvalue weighted by atomic mass is 16.3. The number of anilines is 1. The van der Waals surface area contributed by atoms with Gasteiger partial charge in [0.1, 0.15) is 5.75 Å². The van der Waals surface area contributed by atoms with E-state index in [-0.39, 0.29) is 53.9 Å². The minimum Gasteiger partial charge on any atom is -0.506 e. The molecule has 0 aromatic heterocycles. The summed E-state index contributed by atoms with van der Waals surface area (Å²) in [5.74, 6) is -0.280. The summed E-state index contributed by atoms with van der Waals surface area (Å²) in [6.07, 6.45) is -0.00802. The molecule has 2 atom stereocenters. The summed E-state index contributed by atoms with van der Waals surface area (Å²) in [6.45, 7) is 10.1. The summed E-state index contributed by atoms with van der Waals surface area (Å²) in [5, 5.41) is 38.7. The van der Waals surface area contributed by atoms with Crippen LogP contribution in [0.5, 0.6) is 5.75 Å². The SMILES string of the molecule is CC(C)(Cc1cccc(CC(=O)N[C@H](CO)C(C)(C)C)c1)NC[C@H](O)c1ccc(O)c(NC(N)=O)c1. The van der Waals surface area contributed by atoms with Crippen molar-refractivity contribution in [1.29, 1.82) is 0 Å². The van der Waals surface area contributed by atoms with E-state index in [9.17, 15) is 24.9 Å². The Balaban J connectivity index is 1.98. The molecule has 36 heavy (non-hydrogen) atoms. The van der Waals surface area contributed by atoms with Crippen molar-refractivity contribution in [3.05, 3.63) is 59.2 Å². The Morgan fingerprint density at radius 2 is 1.69 bits per heavy atom. The maximum absolute atomic E-state index is 12.5. The van der Waals surface area contributed by atoms with E-state index in [1.807, 2.05) is 58.9 Å². The van der Waals surface area contributed by atoms with Crippen molar-refractivity contribution in [2.75, 3.05) is 18.5 Å². The summed E-state index contributed by atoms with van der Waals surface area (Å²) >= 11 is 0. The Bertz CT molecular complexity index is 1050. The van der Waals surface area contributed by atoms with Crippen molar-refractivity contribution in [1.82, 2.24) is 10.6 Å². The molecule has 0 saturated heterocycles. The molecule has 0 unspecified atom stereocenters. The molecule has 0 saturated carbocycles. The number of carbonyl (C=O) groups excluding carboxylic acids is 2. The largest absolute Gasteiger partial charge is 0.506 e. The Hall–Kier alpha value is -3.14. The van der Waals surface area contributed by atoms with Crippen molar-refractivity contribution in [3.8, 4) is 5.75 Å². The van der Waals surface area contributed by atoms with Crippen LogP contribution in [0.3, 0.4) is 0 Å². The van der Waals surface area contributed by atoms with Gasteiger partial charge >= 0.3 is 6.03 Å². The van der Waals surface area contributed by atoms with Gasteiger partial charge in [0.15, 0.2) is 0 Å². The number of phenols is 1. The third kappa shape index (κ3) is 9.14. The van der Waals surface area contributed by atoms with E-state index >= 15 is 0 Å². The molecule has 2 rings (SSSR count). The fraction of sp³-hybridized carbons (Fsp3) is 0.481. The van der Waals surface area contributed by atoms with Crippen LogP contribution in [0.2, 0.25) is 0 Å². The first-order valence-electron chi connectivity index (χ1n) is 12.0. The highest BCUT2D eigenvalue weighted by molar-refractivity contribution is 5.89. The number of nitrogens with two attached hydrogens (primary N) is 1. The van der Waals surface area contributed by atoms with Crippen LogP contribution >= 0.6 is 0 Å². The van der Waals surface area contributed by atoms with E-state index in [4.69, 9.17) is 5.73 Å². The summed E-state index contributed by atoms with van der Waals surface area (Å²) in [6, 6.07) is 11.1. The van der Waals surface area contributed by atoms with Gasteiger partial charge in [0.05, 0.1) is 30.9 Å². The van der Waals surface area contributed by atoms with E-state index in [1.54, 1.807) is 6.07 Å². The molecule has 0 aliphatic rings. The fourth-order valence-electron chi connectivity index (χ4n) is 3.87. The van der Waals surface area contributed by atoms with Crippen molar-refractivity contribution in [2.24, 2.45) is 11.1 Å². The highest BCUT2D eigenvalue weighted by Gasteiger charge is 2.25. The molecule has 0 spiro atoms. The first-order valence-corrected chi connectivity index (χ1v) is 12.0. The van der Waals surface area contributed by atoms with Gasteiger partial charge in [0, 0.05) is 12.1 Å². The van der Waals surface area contributed by atoms with E-state index in [0.717, 1.165) is 11.1 Å². The highest BCUT2D eigenvalue weighted by Crippen LogP contribution is 2.27. The second kappa shape index (κ2) is 12.2.